The molecule has 0 fully saturated rings. The van der Waals surface area contributed by atoms with Crippen LogP contribution in [0.3, 0.4) is 0 Å². The Bertz CT molecular complexity index is 397. The van der Waals surface area contributed by atoms with Crippen LogP contribution in [0.25, 0.3) is 0 Å². The van der Waals surface area contributed by atoms with Crippen LogP contribution in [-0.2, 0) is 15.3 Å². The molecule has 0 aliphatic heterocycles. The molecule has 0 radical (unpaired) electrons. The van der Waals surface area contributed by atoms with Gasteiger partial charge in [0.15, 0.2) is 0 Å². The lowest BCUT2D eigenvalue weighted by molar-refractivity contribution is -0.140. The molecule has 18 heavy (non-hydrogen) atoms. The summed E-state index contributed by atoms with van der Waals surface area (Å²) in [6, 6.07) is 7.43. The minimum atomic E-state index is -0.989. The third kappa shape index (κ3) is 5.72. The van der Waals surface area contributed by atoms with Crippen molar-refractivity contribution in [2.45, 2.75) is 18.2 Å². The first-order chi connectivity index (χ1) is 8.63. The number of benzene rings is 1. The standard InChI is InChI=1S/C12H14INO3S/c13-10-3-1-9(2-4-10)7-18-6-5-11(12(16)17)14-8-15/h1-4,8,11H,5-7H2,(H,14,15)(H,16,17). The molecule has 1 aromatic carbocycles. The molecule has 1 amide bonds. The number of aliphatic carboxylic acids is 1. The van der Waals surface area contributed by atoms with Crippen LogP contribution in [0.1, 0.15) is 12.0 Å². The van der Waals surface area contributed by atoms with E-state index in [2.05, 4.69) is 40.0 Å². The molecule has 98 valence electrons. The van der Waals surface area contributed by atoms with E-state index in [4.69, 9.17) is 5.11 Å². The van der Waals surface area contributed by atoms with Crippen LogP contribution in [0.15, 0.2) is 24.3 Å². The fraction of sp³-hybridized carbons (Fsp3) is 0.333. The topological polar surface area (TPSA) is 66.4 Å². The summed E-state index contributed by atoms with van der Waals surface area (Å²) < 4.78 is 1.20. The summed E-state index contributed by atoms with van der Waals surface area (Å²) in [5.74, 6) is 0.561. The van der Waals surface area contributed by atoms with E-state index < -0.39 is 12.0 Å². The average molecular weight is 379 g/mol. The fourth-order valence-electron chi connectivity index (χ4n) is 1.33. The quantitative estimate of drug-likeness (QED) is 0.413. The molecule has 2 N–H and O–H groups in total. The highest BCUT2D eigenvalue weighted by molar-refractivity contribution is 14.1. The van der Waals surface area contributed by atoms with Gasteiger partial charge in [-0.25, -0.2) is 4.79 Å². The number of hydrogen-bond acceptors (Lipinski definition) is 3. The number of rotatable bonds is 8. The second kappa shape index (κ2) is 8.36. The van der Waals surface area contributed by atoms with Gasteiger partial charge in [0, 0.05) is 9.32 Å². The Hall–Kier alpha value is -0.760. The zero-order chi connectivity index (χ0) is 13.4. The molecule has 0 spiro atoms. The smallest absolute Gasteiger partial charge is 0.326 e. The molecular formula is C12H14INO3S. The van der Waals surface area contributed by atoms with Crippen LogP contribution < -0.4 is 5.32 Å². The molecule has 1 rings (SSSR count). The Morgan fingerprint density at radius 1 is 1.44 bits per heavy atom. The van der Waals surface area contributed by atoms with Gasteiger partial charge in [0.25, 0.3) is 0 Å². The van der Waals surface area contributed by atoms with Crippen molar-refractivity contribution < 1.29 is 14.7 Å². The molecule has 6 heteroatoms. The van der Waals surface area contributed by atoms with Crippen molar-refractivity contribution in [3.8, 4) is 0 Å². The highest BCUT2D eigenvalue weighted by Gasteiger charge is 2.15. The molecule has 0 saturated carbocycles. The van der Waals surface area contributed by atoms with Crippen molar-refractivity contribution in [2.75, 3.05) is 5.75 Å². The van der Waals surface area contributed by atoms with Crippen LogP contribution in [0.5, 0.6) is 0 Å². The van der Waals surface area contributed by atoms with Gasteiger partial charge in [-0.3, -0.25) is 4.79 Å². The first-order valence-electron chi connectivity index (χ1n) is 5.38. The minimum Gasteiger partial charge on any atom is -0.480 e. The molecule has 0 saturated heterocycles. The van der Waals surface area contributed by atoms with Crippen LogP contribution in [-0.4, -0.2) is 29.3 Å². The Kier molecular flexibility index (Phi) is 7.11. The van der Waals surface area contributed by atoms with Gasteiger partial charge in [0.1, 0.15) is 6.04 Å². The lowest BCUT2D eigenvalue weighted by Crippen LogP contribution is -2.36. The minimum absolute atomic E-state index is 0.433. The van der Waals surface area contributed by atoms with Crippen LogP contribution >= 0.6 is 34.4 Å². The number of amides is 1. The summed E-state index contributed by atoms with van der Waals surface area (Å²) in [5.41, 5.74) is 1.22. The van der Waals surface area contributed by atoms with E-state index in [9.17, 15) is 9.59 Å². The zero-order valence-corrected chi connectivity index (χ0v) is 12.6. The van der Waals surface area contributed by atoms with Crippen LogP contribution in [0.2, 0.25) is 0 Å². The van der Waals surface area contributed by atoms with Crippen LogP contribution in [0.4, 0.5) is 0 Å². The first kappa shape index (κ1) is 15.3. The van der Waals surface area contributed by atoms with E-state index in [1.54, 1.807) is 11.8 Å². The summed E-state index contributed by atoms with van der Waals surface area (Å²) in [7, 11) is 0. The lowest BCUT2D eigenvalue weighted by Gasteiger charge is -2.10. The van der Waals surface area contributed by atoms with Gasteiger partial charge < -0.3 is 10.4 Å². The van der Waals surface area contributed by atoms with Crippen molar-refractivity contribution in [3.05, 3.63) is 33.4 Å². The Balaban J connectivity index is 2.27. The third-order valence-corrected chi connectivity index (χ3v) is 4.08. The van der Waals surface area contributed by atoms with Crippen molar-refractivity contribution in [1.82, 2.24) is 5.32 Å². The number of hydrogen-bond donors (Lipinski definition) is 2. The van der Waals surface area contributed by atoms with Gasteiger partial charge in [-0.05, 0) is 52.5 Å². The van der Waals surface area contributed by atoms with Gasteiger partial charge in [-0.2, -0.15) is 11.8 Å². The molecule has 1 unspecified atom stereocenters. The summed E-state index contributed by atoms with van der Waals surface area (Å²) in [6.07, 6.45) is 0.867. The van der Waals surface area contributed by atoms with Gasteiger partial charge in [-0.15, -0.1) is 0 Å². The maximum absolute atomic E-state index is 10.8. The van der Waals surface area contributed by atoms with E-state index in [0.717, 1.165) is 5.75 Å². The Morgan fingerprint density at radius 3 is 2.67 bits per heavy atom. The number of carbonyl (C=O) groups is 2. The van der Waals surface area contributed by atoms with Crippen LogP contribution in [0, 0.1) is 3.57 Å². The highest BCUT2D eigenvalue weighted by atomic mass is 127. The molecule has 0 aliphatic rings. The number of carbonyl (C=O) groups excluding carboxylic acids is 1. The molecule has 1 aromatic rings. The molecule has 0 heterocycles. The summed E-state index contributed by atoms with van der Waals surface area (Å²) in [6.45, 7) is 0. The number of carboxylic acids is 1. The fourth-order valence-corrected chi connectivity index (χ4v) is 2.67. The second-order valence-corrected chi connectivity index (χ2v) is 5.99. The SMILES string of the molecule is O=CNC(CCSCc1ccc(I)cc1)C(=O)O. The monoisotopic (exact) mass is 379 g/mol. The maximum Gasteiger partial charge on any atom is 0.326 e. The normalized spacial score (nSPS) is 11.8. The van der Waals surface area contributed by atoms with Gasteiger partial charge in [-0.1, -0.05) is 12.1 Å². The van der Waals surface area contributed by atoms with E-state index in [0.29, 0.717) is 18.6 Å². The van der Waals surface area contributed by atoms with Crippen molar-refractivity contribution in [1.29, 1.82) is 0 Å². The lowest BCUT2D eigenvalue weighted by atomic mass is 10.2. The summed E-state index contributed by atoms with van der Waals surface area (Å²) >= 11 is 3.92. The van der Waals surface area contributed by atoms with E-state index in [1.807, 2.05) is 12.1 Å². The summed E-state index contributed by atoms with van der Waals surface area (Å²) in [4.78, 5) is 21.0. The van der Waals surface area contributed by atoms with Gasteiger partial charge in [0.05, 0.1) is 0 Å². The van der Waals surface area contributed by atoms with Gasteiger partial charge in [0.2, 0.25) is 6.41 Å². The summed E-state index contributed by atoms with van der Waals surface area (Å²) in [5, 5.41) is 11.1. The predicted octanol–water partition coefficient (Wildman–Crippen LogP) is 2.11. The largest absolute Gasteiger partial charge is 0.480 e. The predicted molar refractivity (Wildman–Crippen MR) is 80.6 cm³/mol. The first-order valence-corrected chi connectivity index (χ1v) is 7.61. The highest BCUT2D eigenvalue weighted by Crippen LogP contribution is 2.15. The van der Waals surface area contributed by atoms with E-state index >= 15 is 0 Å². The van der Waals surface area contributed by atoms with E-state index in [-0.39, 0.29) is 0 Å². The molecule has 0 aromatic heterocycles. The van der Waals surface area contributed by atoms with Crippen molar-refractivity contribution >= 4 is 46.7 Å². The average Bonchev–Trinajstić information content (AvgIpc) is 2.35. The third-order valence-electron chi connectivity index (χ3n) is 2.30. The molecule has 0 bridgehead atoms. The number of nitrogens with one attached hydrogen (secondary N) is 1. The number of thioether (sulfide) groups is 1. The number of carboxylic acid groups (broad SMARTS) is 1. The van der Waals surface area contributed by atoms with E-state index in [1.165, 1.54) is 9.13 Å². The molecule has 0 aliphatic carbocycles. The molecular weight excluding hydrogens is 365 g/mol. The molecule has 4 nitrogen and oxygen atoms in total. The molecule has 1 atom stereocenters. The Morgan fingerprint density at radius 2 is 2.11 bits per heavy atom. The Labute approximate surface area is 124 Å². The number of halogens is 1. The van der Waals surface area contributed by atoms with Gasteiger partial charge >= 0.3 is 5.97 Å². The zero-order valence-electron chi connectivity index (χ0n) is 9.64. The second-order valence-electron chi connectivity index (χ2n) is 3.64. The van der Waals surface area contributed by atoms with Crippen molar-refractivity contribution in [2.24, 2.45) is 0 Å². The van der Waals surface area contributed by atoms with Crippen molar-refractivity contribution in [3.63, 3.8) is 0 Å². The maximum atomic E-state index is 10.8.